The Hall–Kier alpha value is -2.21. The van der Waals surface area contributed by atoms with Crippen LogP contribution in [-0.4, -0.2) is 10.1 Å². The Kier molecular flexibility index (Phi) is 5.71. The molecule has 2 N–H and O–H groups in total. The fourth-order valence-electron chi connectivity index (χ4n) is 2.53. The van der Waals surface area contributed by atoms with Gasteiger partial charge in [0.15, 0.2) is 17.4 Å². The van der Waals surface area contributed by atoms with Crippen molar-refractivity contribution in [3.63, 3.8) is 0 Å². The van der Waals surface area contributed by atoms with Crippen LogP contribution in [0, 0.1) is 13.8 Å². The molecule has 0 unspecified atom stereocenters. The smallest absolute Gasteiger partial charge is 0.289 e. The maximum Gasteiger partial charge on any atom is 0.289 e. The van der Waals surface area contributed by atoms with Crippen LogP contribution in [0.25, 0.3) is 11.5 Å². The topological polar surface area (TPSA) is 36.1 Å². The van der Waals surface area contributed by atoms with E-state index in [1.807, 2.05) is 67.2 Å². The largest absolute Gasteiger partial charge is 0.501 e. The fraction of sp³-hybridized carbons (Fsp3) is 0.100. The predicted octanol–water partition coefficient (Wildman–Crippen LogP) is 5.63. The van der Waals surface area contributed by atoms with E-state index in [-0.39, 0.29) is 5.76 Å². The normalized spacial score (nSPS) is 11.8. The monoisotopic (exact) mass is 401 g/mol. The van der Waals surface area contributed by atoms with E-state index < -0.39 is 0 Å². The van der Waals surface area contributed by atoms with Crippen molar-refractivity contribution in [3.05, 3.63) is 81.3 Å². The van der Waals surface area contributed by atoms with Gasteiger partial charge >= 0.3 is 0 Å². The minimum absolute atomic E-state index is 0.0867. The Morgan fingerprint density at radius 3 is 2.54 bits per heavy atom. The molecule has 0 bridgehead atoms. The lowest BCUT2D eigenvalue weighted by atomic mass is 10.2. The predicted molar refractivity (Wildman–Crippen MR) is 114 cm³/mol. The van der Waals surface area contributed by atoms with Crippen LogP contribution in [-0.2, 0) is 0 Å². The number of aryl methyl sites for hydroxylation is 2. The SMILES string of the molecule is Cc1ccc[n+](/C(C(=S)Nc2ccccc2C)=C(\O)c2ccc(Cl)s2)c1. The molecular formula is C20H18ClN2OS2+. The summed E-state index contributed by atoms with van der Waals surface area (Å²) in [5, 5.41) is 14.2. The van der Waals surface area contributed by atoms with E-state index in [0.717, 1.165) is 16.8 Å². The van der Waals surface area contributed by atoms with Crippen molar-refractivity contribution >= 4 is 57.3 Å². The average molecular weight is 402 g/mol. The number of aliphatic hydroxyl groups is 1. The summed E-state index contributed by atoms with van der Waals surface area (Å²) in [5.74, 6) is 0.0867. The lowest BCUT2D eigenvalue weighted by molar-refractivity contribution is -0.576. The van der Waals surface area contributed by atoms with Crippen molar-refractivity contribution in [3.8, 4) is 0 Å². The molecule has 0 fully saturated rings. The standard InChI is InChI=1S/C20H17ClN2OS2/c1-13-6-5-11-23(12-13)18(19(24)16-9-10-17(21)26-16)20(25)22-15-8-4-3-7-14(15)2/h3-12H,1-2H3,(H-,22,24,25)/p+1. The number of benzene rings is 1. The maximum atomic E-state index is 10.9. The molecule has 6 heteroatoms. The number of nitrogens with zero attached hydrogens (tertiary/aromatic N) is 1. The molecule has 0 saturated heterocycles. The van der Waals surface area contributed by atoms with E-state index in [1.54, 1.807) is 12.1 Å². The van der Waals surface area contributed by atoms with Crippen LogP contribution in [0.15, 0.2) is 60.9 Å². The highest BCUT2D eigenvalue weighted by atomic mass is 35.5. The third kappa shape index (κ3) is 4.12. The van der Waals surface area contributed by atoms with Crippen LogP contribution in [0.3, 0.4) is 0 Å². The van der Waals surface area contributed by atoms with Crippen molar-refractivity contribution < 1.29 is 9.67 Å². The first kappa shape index (κ1) is 18.6. The number of thiocarbonyl (C=S) groups is 1. The summed E-state index contributed by atoms with van der Waals surface area (Å²) in [7, 11) is 0. The van der Waals surface area contributed by atoms with Gasteiger partial charge in [0.05, 0.1) is 9.21 Å². The van der Waals surface area contributed by atoms with E-state index in [1.165, 1.54) is 11.3 Å². The molecule has 0 saturated carbocycles. The van der Waals surface area contributed by atoms with Crippen LogP contribution < -0.4 is 9.88 Å². The Labute approximate surface area is 167 Å². The number of aliphatic hydroxyl groups excluding tert-OH is 1. The maximum absolute atomic E-state index is 10.9. The van der Waals surface area contributed by atoms with Gasteiger partial charge in [0.1, 0.15) is 0 Å². The number of hydrogen-bond acceptors (Lipinski definition) is 3. The van der Waals surface area contributed by atoms with Gasteiger partial charge in [-0.1, -0.05) is 42.0 Å². The number of anilines is 1. The molecule has 132 valence electrons. The van der Waals surface area contributed by atoms with Crippen molar-refractivity contribution in [2.75, 3.05) is 5.32 Å². The van der Waals surface area contributed by atoms with Crippen LogP contribution in [0.5, 0.6) is 0 Å². The first-order chi connectivity index (χ1) is 12.5. The second kappa shape index (κ2) is 7.99. The number of thiophene rings is 1. The summed E-state index contributed by atoms with van der Waals surface area (Å²) in [6.45, 7) is 4.00. The fourth-order valence-corrected chi connectivity index (χ4v) is 3.83. The van der Waals surface area contributed by atoms with E-state index in [0.29, 0.717) is 19.9 Å². The number of para-hydroxylation sites is 1. The molecule has 1 aromatic carbocycles. The third-order valence-electron chi connectivity index (χ3n) is 3.85. The molecule has 0 atom stereocenters. The van der Waals surface area contributed by atoms with Gasteiger partial charge < -0.3 is 10.4 Å². The van der Waals surface area contributed by atoms with Gasteiger partial charge in [0.25, 0.3) is 5.70 Å². The minimum atomic E-state index is 0.0867. The summed E-state index contributed by atoms with van der Waals surface area (Å²) < 4.78 is 2.43. The molecule has 0 aliphatic heterocycles. The Bertz CT molecular complexity index is 995. The second-order valence-electron chi connectivity index (χ2n) is 5.86. The van der Waals surface area contributed by atoms with Gasteiger partial charge in [-0.25, -0.2) is 0 Å². The van der Waals surface area contributed by atoms with Crippen molar-refractivity contribution in [1.29, 1.82) is 0 Å². The highest BCUT2D eigenvalue weighted by Crippen LogP contribution is 2.29. The summed E-state index contributed by atoms with van der Waals surface area (Å²) in [6, 6.07) is 15.3. The molecule has 2 aromatic heterocycles. The number of aromatic nitrogens is 1. The van der Waals surface area contributed by atoms with Crippen molar-refractivity contribution in [1.82, 2.24) is 0 Å². The molecule has 26 heavy (non-hydrogen) atoms. The van der Waals surface area contributed by atoms with E-state index in [4.69, 9.17) is 23.8 Å². The lowest BCUT2D eigenvalue weighted by Crippen LogP contribution is -2.38. The van der Waals surface area contributed by atoms with E-state index in [9.17, 15) is 5.11 Å². The minimum Gasteiger partial charge on any atom is -0.501 e. The molecule has 0 aliphatic rings. The second-order valence-corrected chi connectivity index (χ2v) is 7.98. The van der Waals surface area contributed by atoms with Gasteiger partial charge in [-0.3, -0.25) is 0 Å². The molecule has 0 aliphatic carbocycles. The molecule has 0 amide bonds. The first-order valence-corrected chi connectivity index (χ1v) is 9.60. The summed E-state index contributed by atoms with van der Waals surface area (Å²) in [5.41, 5.74) is 3.54. The van der Waals surface area contributed by atoms with Crippen LogP contribution >= 0.6 is 35.2 Å². The zero-order chi connectivity index (χ0) is 18.7. The number of pyridine rings is 1. The Morgan fingerprint density at radius 1 is 1.12 bits per heavy atom. The van der Waals surface area contributed by atoms with Gasteiger partial charge in [-0.05, 0) is 43.7 Å². The van der Waals surface area contributed by atoms with Gasteiger partial charge in [0.2, 0.25) is 5.76 Å². The Balaban J connectivity index is 2.09. The molecular weight excluding hydrogens is 384 g/mol. The lowest BCUT2D eigenvalue weighted by Gasteiger charge is -2.11. The zero-order valence-electron chi connectivity index (χ0n) is 14.4. The third-order valence-corrected chi connectivity index (χ3v) is 5.38. The Morgan fingerprint density at radius 2 is 1.88 bits per heavy atom. The van der Waals surface area contributed by atoms with Gasteiger partial charge in [-0.2, -0.15) is 4.57 Å². The molecule has 0 spiro atoms. The highest BCUT2D eigenvalue weighted by molar-refractivity contribution is 7.81. The quantitative estimate of drug-likeness (QED) is 0.257. The molecule has 3 rings (SSSR count). The van der Waals surface area contributed by atoms with Gasteiger partial charge in [-0.15, -0.1) is 11.3 Å². The van der Waals surface area contributed by atoms with Gasteiger partial charge in [0, 0.05) is 17.3 Å². The molecule has 2 heterocycles. The van der Waals surface area contributed by atoms with Crippen LogP contribution in [0.2, 0.25) is 4.34 Å². The van der Waals surface area contributed by atoms with Crippen LogP contribution in [0.4, 0.5) is 5.69 Å². The number of hydrogen-bond donors (Lipinski definition) is 2. The summed E-state index contributed by atoms with van der Waals surface area (Å²) >= 11 is 13.0. The average Bonchev–Trinajstić information content (AvgIpc) is 3.04. The number of halogens is 1. The van der Waals surface area contributed by atoms with E-state index in [2.05, 4.69) is 5.32 Å². The van der Waals surface area contributed by atoms with Crippen LogP contribution in [0.1, 0.15) is 16.0 Å². The number of rotatable bonds is 4. The van der Waals surface area contributed by atoms with Crippen molar-refractivity contribution in [2.24, 2.45) is 0 Å². The molecule has 3 aromatic rings. The highest BCUT2D eigenvalue weighted by Gasteiger charge is 2.25. The molecule has 3 nitrogen and oxygen atoms in total. The first-order valence-electron chi connectivity index (χ1n) is 8.00. The zero-order valence-corrected chi connectivity index (χ0v) is 16.8. The number of nitrogens with one attached hydrogen (secondary N) is 1. The van der Waals surface area contributed by atoms with E-state index >= 15 is 0 Å². The van der Waals surface area contributed by atoms with Crippen molar-refractivity contribution in [2.45, 2.75) is 13.8 Å². The molecule has 0 radical (unpaired) electrons. The summed E-state index contributed by atoms with van der Waals surface area (Å²) in [6.07, 6.45) is 3.78. The summed E-state index contributed by atoms with van der Waals surface area (Å²) in [4.78, 5) is 1.09.